The normalized spacial score (nSPS) is 14.7. The van der Waals surface area contributed by atoms with Gasteiger partial charge in [0.1, 0.15) is 17.9 Å². The van der Waals surface area contributed by atoms with E-state index >= 15 is 0 Å². The van der Waals surface area contributed by atoms with Crippen LogP contribution in [0, 0.1) is 6.92 Å². The first kappa shape index (κ1) is 22.1. The molecular formula is C28H25NO4. The van der Waals surface area contributed by atoms with Gasteiger partial charge in [0, 0.05) is 11.4 Å². The minimum atomic E-state index is -0.636. The molecule has 0 saturated carbocycles. The molecule has 3 aromatic rings. The number of hydrogen-bond donors (Lipinski definition) is 0. The van der Waals surface area contributed by atoms with E-state index in [0.29, 0.717) is 18.0 Å². The average Bonchev–Trinajstić information content (AvgIpc) is 3.08. The van der Waals surface area contributed by atoms with Gasteiger partial charge in [0.05, 0.1) is 12.8 Å². The van der Waals surface area contributed by atoms with Crippen LogP contribution in [0.25, 0.3) is 6.08 Å². The highest BCUT2D eigenvalue weighted by Crippen LogP contribution is 2.35. The maximum atomic E-state index is 13.2. The summed E-state index contributed by atoms with van der Waals surface area (Å²) in [5, 5.41) is 0. The molecule has 3 aromatic carbocycles. The number of rotatable bonds is 6. The lowest BCUT2D eigenvalue weighted by atomic mass is 10.1. The van der Waals surface area contributed by atoms with Crippen LogP contribution in [0.1, 0.15) is 23.6 Å². The number of aryl methyl sites for hydroxylation is 1. The van der Waals surface area contributed by atoms with E-state index in [1.165, 1.54) is 7.11 Å². The van der Waals surface area contributed by atoms with E-state index in [2.05, 4.69) is 0 Å². The predicted octanol–water partition coefficient (Wildman–Crippen LogP) is 5.45. The fourth-order valence-corrected chi connectivity index (χ4v) is 3.74. The maximum Gasteiger partial charge on any atom is 0.343 e. The minimum absolute atomic E-state index is 0.0483. The quantitative estimate of drug-likeness (QED) is 0.290. The van der Waals surface area contributed by atoms with Crippen LogP contribution in [-0.2, 0) is 20.9 Å². The highest BCUT2D eigenvalue weighted by atomic mass is 16.5. The summed E-state index contributed by atoms with van der Waals surface area (Å²) in [4.78, 5) is 27.3. The largest absolute Gasteiger partial charge is 0.489 e. The van der Waals surface area contributed by atoms with Crippen molar-refractivity contribution in [3.8, 4) is 5.75 Å². The third-order valence-corrected chi connectivity index (χ3v) is 5.51. The Hall–Kier alpha value is -4.12. The molecule has 1 aliphatic heterocycles. The van der Waals surface area contributed by atoms with Gasteiger partial charge in [0.25, 0.3) is 0 Å². The summed E-state index contributed by atoms with van der Waals surface area (Å²) in [5.74, 6) is -0.259. The average molecular weight is 440 g/mol. The molecule has 1 aliphatic rings. The second kappa shape index (κ2) is 9.57. The van der Waals surface area contributed by atoms with Crippen LogP contribution in [0.5, 0.6) is 5.75 Å². The molecule has 1 heterocycles. The van der Waals surface area contributed by atoms with Gasteiger partial charge in [-0.05, 0) is 55.3 Å². The van der Waals surface area contributed by atoms with Crippen LogP contribution < -0.4 is 9.64 Å². The SMILES string of the molecule is COC(=O)C1=C(C)N(c2ccc(C)cc2)/C(=C/c2ccc(OCc3ccccc3)cc2)C1=O. The molecule has 0 amide bonds. The number of allylic oxidation sites excluding steroid dienone is 2. The van der Waals surface area contributed by atoms with E-state index in [1.54, 1.807) is 17.9 Å². The first-order valence-corrected chi connectivity index (χ1v) is 10.7. The topological polar surface area (TPSA) is 55.8 Å². The number of carbonyl (C=O) groups excluding carboxylic acids is 2. The van der Waals surface area contributed by atoms with E-state index in [-0.39, 0.29) is 11.4 Å². The van der Waals surface area contributed by atoms with Gasteiger partial charge in [-0.15, -0.1) is 0 Å². The molecule has 33 heavy (non-hydrogen) atoms. The number of anilines is 1. The lowest BCUT2D eigenvalue weighted by Crippen LogP contribution is -2.18. The Morgan fingerprint density at radius 2 is 1.58 bits per heavy atom. The predicted molar refractivity (Wildman–Crippen MR) is 129 cm³/mol. The molecule has 0 N–H and O–H groups in total. The Kier molecular flexibility index (Phi) is 6.41. The number of nitrogens with zero attached hydrogens (tertiary/aromatic N) is 1. The summed E-state index contributed by atoms with van der Waals surface area (Å²) in [6.07, 6.45) is 1.78. The second-order valence-electron chi connectivity index (χ2n) is 7.82. The molecule has 0 spiro atoms. The van der Waals surface area contributed by atoms with Gasteiger partial charge in [-0.1, -0.05) is 60.2 Å². The zero-order chi connectivity index (χ0) is 23.4. The lowest BCUT2D eigenvalue weighted by molar-refractivity contribution is -0.137. The van der Waals surface area contributed by atoms with Gasteiger partial charge in [-0.25, -0.2) is 4.79 Å². The summed E-state index contributed by atoms with van der Waals surface area (Å²) in [6.45, 7) is 4.23. The molecule has 4 rings (SSSR count). The van der Waals surface area contributed by atoms with Crippen molar-refractivity contribution in [1.82, 2.24) is 0 Å². The highest BCUT2D eigenvalue weighted by molar-refractivity contribution is 6.30. The first-order chi connectivity index (χ1) is 16.0. The molecular weight excluding hydrogens is 414 g/mol. The van der Waals surface area contributed by atoms with E-state index in [4.69, 9.17) is 9.47 Å². The Morgan fingerprint density at radius 3 is 2.21 bits per heavy atom. The van der Waals surface area contributed by atoms with Gasteiger partial charge < -0.3 is 14.4 Å². The van der Waals surface area contributed by atoms with Crippen molar-refractivity contribution in [2.75, 3.05) is 12.0 Å². The van der Waals surface area contributed by atoms with E-state index in [9.17, 15) is 9.59 Å². The van der Waals surface area contributed by atoms with Crippen LogP contribution in [0.3, 0.4) is 0 Å². The van der Waals surface area contributed by atoms with Crippen LogP contribution in [0.4, 0.5) is 5.69 Å². The Morgan fingerprint density at radius 1 is 0.909 bits per heavy atom. The van der Waals surface area contributed by atoms with Gasteiger partial charge in [0.2, 0.25) is 5.78 Å². The van der Waals surface area contributed by atoms with Crippen molar-refractivity contribution in [2.45, 2.75) is 20.5 Å². The van der Waals surface area contributed by atoms with Gasteiger partial charge in [0.15, 0.2) is 0 Å². The molecule has 0 atom stereocenters. The van der Waals surface area contributed by atoms with Crippen LogP contribution in [-0.4, -0.2) is 18.9 Å². The van der Waals surface area contributed by atoms with Crippen molar-refractivity contribution >= 4 is 23.5 Å². The number of benzene rings is 3. The van der Waals surface area contributed by atoms with Crippen molar-refractivity contribution in [3.05, 3.63) is 113 Å². The molecule has 5 heteroatoms. The molecule has 0 radical (unpaired) electrons. The summed E-state index contributed by atoms with van der Waals surface area (Å²) >= 11 is 0. The number of carbonyl (C=O) groups is 2. The molecule has 5 nitrogen and oxygen atoms in total. The van der Waals surface area contributed by atoms with E-state index < -0.39 is 5.97 Å². The number of Topliss-reactive ketones (excluding diaryl/α,β-unsaturated/α-hetero) is 1. The van der Waals surface area contributed by atoms with Crippen LogP contribution in [0.15, 0.2) is 95.8 Å². The standard InChI is InChI=1S/C28H25NO4/c1-19-9-13-23(14-10-19)29-20(2)26(28(31)32-3)27(30)25(29)17-21-11-15-24(16-12-21)33-18-22-7-5-4-6-8-22/h4-17H,18H2,1-3H3/b25-17+. The number of ketones is 1. The molecule has 0 bridgehead atoms. The lowest BCUT2D eigenvalue weighted by Gasteiger charge is -2.21. The van der Waals surface area contributed by atoms with Gasteiger partial charge in [-0.2, -0.15) is 0 Å². The molecule has 0 aliphatic carbocycles. The van der Waals surface area contributed by atoms with Crippen molar-refractivity contribution < 1.29 is 19.1 Å². The van der Waals surface area contributed by atoms with E-state index in [0.717, 1.165) is 28.1 Å². The van der Waals surface area contributed by atoms with Crippen molar-refractivity contribution in [1.29, 1.82) is 0 Å². The highest BCUT2D eigenvalue weighted by Gasteiger charge is 2.38. The molecule has 0 aromatic heterocycles. The first-order valence-electron chi connectivity index (χ1n) is 10.7. The Labute approximate surface area is 193 Å². The minimum Gasteiger partial charge on any atom is -0.489 e. The zero-order valence-corrected chi connectivity index (χ0v) is 18.9. The van der Waals surface area contributed by atoms with Gasteiger partial charge >= 0.3 is 5.97 Å². The van der Waals surface area contributed by atoms with E-state index in [1.807, 2.05) is 85.8 Å². The Bertz CT molecular complexity index is 1220. The molecule has 0 unspecified atom stereocenters. The molecule has 0 saturated heterocycles. The second-order valence-corrected chi connectivity index (χ2v) is 7.82. The summed E-state index contributed by atoms with van der Waals surface area (Å²) in [7, 11) is 1.28. The molecule has 166 valence electrons. The zero-order valence-electron chi connectivity index (χ0n) is 18.9. The van der Waals surface area contributed by atoms with Crippen LogP contribution >= 0.6 is 0 Å². The number of ether oxygens (including phenoxy) is 2. The number of hydrogen-bond acceptors (Lipinski definition) is 5. The summed E-state index contributed by atoms with van der Waals surface area (Å²) in [6, 6.07) is 25.3. The van der Waals surface area contributed by atoms with Gasteiger partial charge in [-0.3, -0.25) is 4.79 Å². The molecule has 0 fully saturated rings. The Balaban J connectivity index is 1.62. The van der Waals surface area contributed by atoms with Crippen molar-refractivity contribution in [2.24, 2.45) is 0 Å². The maximum absolute atomic E-state index is 13.2. The third-order valence-electron chi connectivity index (χ3n) is 5.51. The fourth-order valence-electron chi connectivity index (χ4n) is 3.74. The van der Waals surface area contributed by atoms with Crippen molar-refractivity contribution in [3.63, 3.8) is 0 Å². The third kappa shape index (κ3) is 4.72. The number of methoxy groups -OCH3 is 1. The summed E-state index contributed by atoms with van der Waals surface area (Å²) < 4.78 is 10.7. The number of esters is 1. The monoisotopic (exact) mass is 439 g/mol. The smallest absolute Gasteiger partial charge is 0.343 e. The fraction of sp³-hybridized carbons (Fsp3) is 0.143. The summed E-state index contributed by atoms with van der Waals surface area (Å²) in [5.41, 5.74) is 4.81. The van der Waals surface area contributed by atoms with Crippen LogP contribution in [0.2, 0.25) is 0 Å².